The highest BCUT2D eigenvalue weighted by Crippen LogP contribution is 2.10. The summed E-state index contributed by atoms with van der Waals surface area (Å²) in [6.07, 6.45) is 1.90. The van der Waals surface area contributed by atoms with Gasteiger partial charge in [-0.25, -0.2) is 4.39 Å². The maximum atomic E-state index is 13.0. The first-order chi connectivity index (χ1) is 9.17. The van der Waals surface area contributed by atoms with Crippen molar-refractivity contribution in [2.45, 2.75) is 33.6 Å². The average molecular weight is 393 g/mol. The number of hydrogen-bond donors (Lipinski definition) is 2. The van der Waals surface area contributed by atoms with Crippen molar-refractivity contribution in [1.29, 1.82) is 0 Å². The molecule has 0 aromatic heterocycles. The first-order valence-corrected chi connectivity index (χ1v) is 6.94. The van der Waals surface area contributed by atoms with E-state index in [9.17, 15) is 4.39 Å². The summed E-state index contributed by atoms with van der Waals surface area (Å²) in [6.45, 7) is 8.56. The standard InChI is InChI=1S/C15H24FN3.HI/c1-4-9-18-15(17-5-2)19-10-8-13-6-7-14(16)11-12(13)3;/h6-7,11H,4-5,8-10H2,1-3H3,(H2,17,18,19);1H. The van der Waals surface area contributed by atoms with Gasteiger partial charge < -0.3 is 10.6 Å². The van der Waals surface area contributed by atoms with Crippen LogP contribution in [0.15, 0.2) is 23.2 Å². The Labute approximate surface area is 138 Å². The molecule has 5 heteroatoms. The monoisotopic (exact) mass is 393 g/mol. The van der Waals surface area contributed by atoms with E-state index in [-0.39, 0.29) is 29.8 Å². The SMILES string of the molecule is CCCN=C(NCC)NCCc1ccc(F)cc1C.I. The van der Waals surface area contributed by atoms with Crippen molar-refractivity contribution in [3.8, 4) is 0 Å². The highest BCUT2D eigenvalue weighted by Gasteiger charge is 2.01. The van der Waals surface area contributed by atoms with E-state index in [2.05, 4.69) is 22.5 Å². The number of guanidine groups is 1. The molecule has 0 heterocycles. The first kappa shape index (κ1) is 19.1. The van der Waals surface area contributed by atoms with Crippen LogP contribution in [0.25, 0.3) is 0 Å². The maximum absolute atomic E-state index is 13.0. The van der Waals surface area contributed by atoms with Crippen LogP contribution in [0.1, 0.15) is 31.4 Å². The van der Waals surface area contributed by atoms with Gasteiger partial charge in [-0.1, -0.05) is 13.0 Å². The zero-order valence-electron chi connectivity index (χ0n) is 12.5. The van der Waals surface area contributed by atoms with Crippen LogP contribution in [-0.4, -0.2) is 25.6 Å². The van der Waals surface area contributed by atoms with Crippen molar-refractivity contribution >= 4 is 29.9 Å². The van der Waals surface area contributed by atoms with E-state index in [1.54, 1.807) is 6.07 Å². The zero-order valence-corrected chi connectivity index (χ0v) is 14.8. The van der Waals surface area contributed by atoms with Gasteiger partial charge in [-0.05, 0) is 49.9 Å². The highest BCUT2D eigenvalue weighted by molar-refractivity contribution is 14.0. The second kappa shape index (κ2) is 10.9. The summed E-state index contributed by atoms with van der Waals surface area (Å²) in [4.78, 5) is 4.43. The lowest BCUT2D eigenvalue weighted by molar-refractivity contribution is 0.625. The van der Waals surface area contributed by atoms with E-state index in [1.165, 1.54) is 11.6 Å². The van der Waals surface area contributed by atoms with Crippen LogP contribution in [-0.2, 0) is 6.42 Å². The number of halogens is 2. The van der Waals surface area contributed by atoms with Gasteiger partial charge >= 0.3 is 0 Å². The fourth-order valence-corrected chi connectivity index (χ4v) is 1.82. The van der Waals surface area contributed by atoms with E-state index in [4.69, 9.17) is 0 Å². The number of aliphatic imine (C=N–C) groups is 1. The van der Waals surface area contributed by atoms with Crippen LogP contribution >= 0.6 is 24.0 Å². The topological polar surface area (TPSA) is 36.4 Å². The molecule has 0 saturated carbocycles. The first-order valence-electron chi connectivity index (χ1n) is 6.94. The molecule has 0 bridgehead atoms. The molecule has 2 N–H and O–H groups in total. The van der Waals surface area contributed by atoms with Gasteiger partial charge in [0.1, 0.15) is 5.82 Å². The molecular weight excluding hydrogens is 368 g/mol. The molecule has 0 fully saturated rings. The molecule has 0 unspecified atom stereocenters. The van der Waals surface area contributed by atoms with Gasteiger partial charge in [0.25, 0.3) is 0 Å². The minimum absolute atomic E-state index is 0. The molecule has 1 aromatic rings. The van der Waals surface area contributed by atoms with Crippen LogP contribution in [0.3, 0.4) is 0 Å². The second-order valence-corrected chi connectivity index (χ2v) is 4.51. The summed E-state index contributed by atoms with van der Waals surface area (Å²) in [5, 5.41) is 6.50. The Morgan fingerprint density at radius 2 is 2.00 bits per heavy atom. The molecule has 0 aliphatic carbocycles. The molecule has 0 aliphatic rings. The lowest BCUT2D eigenvalue weighted by Gasteiger charge is -2.12. The lowest BCUT2D eigenvalue weighted by Crippen LogP contribution is -2.38. The van der Waals surface area contributed by atoms with Crippen molar-refractivity contribution in [1.82, 2.24) is 10.6 Å². The molecule has 114 valence electrons. The molecule has 0 aliphatic heterocycles. The van der Waals surface area contributed by atoms with Crippen molar-refractivity contribution in [2.75, 3.05) is 19.6 Å². The third kappa shape index (κ3) is 7.07. The van der Waals surface area contributed by atoms with Crippen LogP contribution in [0.2, 0.25) is 0 Å². The summed E-state index contributed by atoms with van der Waals surface area (Å²) < 4.78 is 13.0. The number of rotatable bonds is 6. The fourth-order valence-electron chi connectivity index (χ4n) is 1.82. The van der Waals surface area contributed by atoms with Gasteiger partial charge in [0, 0.05) is 19.6 Å². The molecule has 0 amide bonds. The molecule has 1 aromatic carbocycles. The Morgan fingerprint density at radius 1 is 1.25 bits per heavy atom. The van der Waals surface area contributed by atoms with E-state index < -0.39 is 0 Å². The van der Waals surface area contributed by atoms with Crippen LogP contribution in [0.4, 0.5) is 4.39 Å². The number of aryl methyl sites for hydroxylation is 1. The number of hydrogen-bond acceptors (Lipinski definition) is 1. The van der Waals surface area contributed by atoms with Crippen molar-refractivity contribution < 1.29 is 4.39 Å². The highest BCUT2D eigenvalue weighted by atomic mass is 127. The van der Waals surface area contributed by atoms with E-state index >= 15 is 0 Å². The Morgan fingerprint density at radius 3 is 2.60 bits per heavy atom. The Hall–Kier alpha value is -0.850. The summed E-state index contributed by atoms with van der Waals surface area (Å²) in [7, 11) is 0. The third-order valence-corrected chi connectivity index (χ3v) is 2.83. The predicted molar refractivity (Wildman–Crippen MR) is 94.5 cm³/mol. The summed E-state index contributed by atoms with van der Waals surface area (Å²) >= 11 is 0. The van der Waals surface area contributed by atoms with Gasteiger partial charge in [-0.15, -0.1) is 24.0 Å². The third-order valence-electron chi connectivity index (χ3n) is 2.83. The summed E-state index contributed by atoms with van der Waals surface area (Å²) in [6, 6.07) is 4.94. The summed E-state index contributed by atoms with van der Waals surface area (Å²) in [5.74, 6) is 0.677. The smallest absolute Gasteiger partial charge is 0.191 e. The van der Waals surface area contributed by atoms with Crippen LogP contribution < -0.4 is 10.6 Å². The maximum Gasteiger partial charge on any atom is 0.191 e. The van der Waals surface area contributed by atoms with Crippen molar-refractivity contribution in [3.63, 3.8) is 0 Å². The van der Waals surface area contributed by atoms with Gasteiger partial charge in [0.15, 0.2) is 5.96 Å². The minimum atomic E-state index is -0.174. The normalized spacial score (nSPS) is 10.9. The molecule has 1 rings (SSSR count). The predicted octanol–water partition coefficient (Wildman–Crippen LogP) is 3.26. The van der Waals surface area contributed by atoms with Gasteiger partial charge in [-0.3, -0.25) is 4.99 Å². The van der Waals surface area contributed by atoms with Gasteiger partial charge in [-0.2, -0.15) is 0 Å². The molecule has 0 spiro atoms. The molecule has 0 atom stereocenters. The van der Waals surface area contributed by atoms with Crippen molar-refractivity contribution in [3.05, 3.63) is 35.1 Å². The van der Waals surface area contributed by atoms with E-state index in [0.29, 0.717) is 0 Å². The molecular formula is C15H25FIN3. The minimum Gasteiger partial charge on any atom is -0.357 e. The fraction of sp³-hybridized carbons (Fsp3) is 0.533. The van der Waals surface area contributed by atoms with Gasteiger partial charge in [0.2, 0.25) is 0 Å². The second-order valence-electron chi connectivity index (χ2n) is 4.51. The molecule has 3 nitrogen and oxygen atoms in total. The van der Waals surface area contributed by atoms with E-state index in [1.807, 2.05) is 19.9 Å². The average Bonchev–Trinajstić information content (AvgIpc) is 2.38. The largest absolute Gasteiger partial charge is 0.357 e. The van der Waals surface area contributed by atoms with E-state index in [0.717, 1.165) is 44.0 Å². The van der Waals surface area contributed by atoms with Crippen LogP contribution in [0.5, 0.6) is 0 Å². The number of nitrogens with one attached hydrogen (secondary N) is 2. The summed E-state index contributed by atoms with van der Waals surface area (Å²) in [5.41, 5.74) is 2.16. The lowest BCUT2D eigenvalue weighted by atomic mass is 10.1. The van der Waals surface area contributed by atoms with Crippen LogP contribution in [0, 0.1) is 12.7 Å². The Balaban J connectivity index is 0.00000361. The Kier molecular flexibility index (Phi) is 10.4. The van der Waals surface area contributed by atoms with Gasteiger partial charge in [0.05, 0.1) is 0 Å². The number of nitrogens with zero attached hydrogens (tertiary/aromatic N) is 1. The molecule has 0 saturated heterocycles. The number of benzene rings is 1. The zero-order chi connectivity index (χ0) is 14.1. The molecule has 20 heavy (non-hydrogen) atoms. The Bertz CT molecular complexity index is 422. The quantitative estimate of drug-likeness (QED) is 0.442. The van der Waals surface area contributed by atoms with Crippen molar-refractivity contribution in [2.24, 2.45) is 4.99 Å². The molecule has 0 radical (unpaired) electrons.